The van der Waals surface area contributed by atoms with Crippen LogP contribution in [-0.2, 0) is 24.2 Å². The van der Waals surface area contributed by atoms with Crippen LogP contribution in [0.25, 0.3) is 10.2 Å². The first-order valence-electron chi connectivity index (χ1n) is 10.0. The lowest BCUT2D eigenvalue weighted by Crippen LogP contribution is -2.24. The summed E-state index contributed by atoms with van der Waals surface area (Å²) < 4.78 is 1.75. The number of carbonyl (C=O) groups excluding carboxylic acids is 1. The van der Waals surface area contributed by atoms with Crippen LogP contribution < -0.4 is 10.9 Å². The Morgan fingerprint density at radius 2 is 2.14 bits per heavy atom. The van der Waals surface area contributed by atoms with Gasteiger partial charge < -0.3 is 5.32 Å². The Morgan fingerprint density at radius 3 is 2.90 bits per heavy atom. The molecule has 7 heteroatoms. The van der Waals surface area contributed by atoms with Crippen molar-refractivity contribution in [3.8, 4) is 0 Å². The molecule has 1 aliphatic carbocycles. The highest BCUT2D eigenvalue weighted by atomic mass is 32.2. The van der Waals surface area contributed by atoms with E-state index in [-0.39, 0.29) is 17.2 Å². The Balaban J connectivity index is 1.57. The second kappa shape index (κ2) is 8.32. The molecule has 0 saturated heterocycles. The summed E-state index contributed by atoms with van der Waals surface area (Å²) in [6, 6.07) is 5.96. The summed E-state index contributed by atoms with van der Waals surface area (Å²) in [7, 11) is 0. The van der Waals surface area contributed by atoms with E-state index in [0.29, 0.717) is 11.7 Å². The number of rotatable bonds is 6. The van der Waals surface area contributed by atoms with Crippen molar-refractivity contribution < 1.29 is 4.79 Å². The smallest absolute Gasteiger partial charge is 0.263 e. The molecule has 2 heterocycles. The van der Waals surface area contributed by atoms with Gasteiger partial charge >= 0.3 is 0 Å². The quantitative estimate of drug-likeness (QED) is 0.457. The van der Waals surface area contributed by atoms with E-state index in [0.717, 1.165) is 47.2 Å². The lowest BCUT2D eigenvalue weighted by Gasteiger charge is -2.12. The molecule has 0 spiro atoms. The maximum atomic E-state index is 13.2. The Hall–Kier alpha value is -2.12. The number of carbonyl (C=O) groups is 1. The fraction of sp³-hybridized carbons (Fsp3) is 0.409. The minimum atomic E-state index is -0.0898. The van der Waals surface area contributed by atoms with Crippen molar-refractivity contribution in [3.63, 3.8) is 0 Å². The maximum absolute atomic E-state index is 13.2. The number of thiophene rings is 1. The summed E-state index contributed by atoms with van der Waals surface area (Å²) in [6.07, 6.45) is 3.99. The lowest BCUT2D eigenvalue weighted by atomic mass is 10.1. The molecule has 5 nitrogen and oxygen atoms in total. The molecule has 1 aliphatic rings. The highest BCUT2D eigenvalue weighted by Gasteiger charge is 2.23. The Kier molecular flexibility index (Phi) is 5.79. The molecule has 0 atom stereocenters. The molecular formula is C22H25N3O2S2. The third kappa shape index (κ3) is 3.98. The van der Waals surface area contributed by atoms with Crippen LogP contribution in [0, 0.1) is 13.8 Å². The van der Waals surface area contributed by atoms with E-state index < -0.39 is 0 Å². The summed E-state index contributed by atoms with van der Waals surface area (Å²) in [5.74, 6) is 0.132. The summed E-state index contributed by atoms with van der Waals surface area (Å²) in [5, 5.41) is 4.41. The van der Waals surface area contributed by atoms with Crippen LogP contribution in [0.4, 0.5) is 5.69 Å². The summed E-state index contributed by atoms with van der Waals surface area (Å²) in [5.41, 5.74) is 4.29. The first-order chi connectivity index (χ1) is 14.0. The highest BCUT2D eigenvalue weighted by Crippen LogP contribution is 2.35. The number of nitrogens with zero attached hydrogens (tertiary/aromatic N) is 2. The minimum absolute atomic E-state index is 0.0496. The zero-order valence-electron chi connectivity index (χ0n) is 17.0. The molecule has 4 rings (SSSR count). The molecule has 152 valence electrons. The Morgan fingerprint density at radius 1 is 1.31 bits per heavy atom. The molecule has 0 radical (unpaired) electrons. The van der Waals surface area contributed by atoms with Gasteiger partial charge in [-0.05, 0) is 56.7 Å². The van der Waals surface area contributed by atoms with Crippen LogP contribution in [0.3, 0.4) is 0 Å². The number of anilines is 1. The highest BCUT2D eigenvalue weighted by molar-refractivity contribution is 7.99. The van der Waals surface area contributed by atoms with E-state index in [9.17, 15) is 9.59 Å². The van der Waals surface area contributed by atoms with Crippen molar-refractivity contribution in [2.75, 3.05) is 11.1 Å². The van der Waals surface area contributed by atoms with Crippen molar-refractivity contribution in [2.24, 2.45) is 0 Å². The predicted octanol–water partition coefficient (Wildman–Crippen LogP) is 4.70. The van der Waals surface area contributed by atoms with E-state index in [1.165, 1.54) is 27.8 Å². The fourth-order valence-corrected chi connectivity index (χ4v) is 5.99. The van der Waals surface area contributed by atoms with Gasteiger partial charge in [-0.1, -0.05) is 36.4 Å². The number of amides is 1. The maximum Gasteiger partial charge on any atom is 0.263 e. The standard InChI is InChI=1S/C22H25N3O2S2/c1-4-10-25-21(27)19-15-6-5-7-17(15)29-20(19)24-22(25)28-12-18(26)23-16-9-8-13(2)11-14(16)3/h8-9,11H,4-7,10,12H2,1-3H3,(H,23,26). The molecule has 0 aliphatic heterocycles. The van der Waals surface area contributed by atoms with Gasteiger partial charge in [-0.15, -0.1) is 11.3 Å². The molecule has 1 N–H and O–H groups in total. The molecular weight excluding hydrogens is 402 g/mol. The number of thioether (sulfide) groups is 1. The van der Waals surface area contributed by atoms with Crippen LogP contribution >= 0.6 is 23.1 Å². The van der Waals surface area contributed by atoms with Gasteiger partial charge in [0, 0.05) is 17.1 Å². The summed E-state index contributed by atoms with van der Waals surface area (Å²) >= 11 is 2.98. The number of fused-ring (bicyclic) bond motifs is 3. The average molecular weight is 428 g/mol. The number of aromatic nitrogens is 2. The topological polar surface area (TPSA) is 64.0 Å². The summed E-state index contributed by atoms with van der Waals surface area (Å²) in [4.78, 5) is 32.6. The van der Waals surface area contributed by atoms with Gasteiger partial charge in [0.1, 0.15) is 4.83 Å². The van der Waals surface area contributed by atoms with Gasteiger partial charge in [0.2, 0.25) is 5.91 Å². The Labute approximate surface area is 178 Å². The number of nitrogens with one attached hydrogen (secondary N) is 1. The molecule has 0 unspecified atom stereocenters. The first kappa shape index (κ1) is 20.2. The fourth-order valence-electron chi connectivity index (χ4n) is 3.86. The van der Waals surface area contributed by atoms with Crippen molar-refractivity contribution in [2.45, 2.75) is 58.2 Å². The Bertz CT molecular complexity index is 1150. The second-order valence-corrected chi connectivity index (χ2v) is 9.57. The second-order valence-electron chi connectivity index (χ2n) is 7.54. The van der Waals surface area contributed by atoms with E-state index in [2.05, 4.69) is 12.2 Å². The molecule has 3 aromatic rings. The first-order valence-corrected chi connectivity index (χ1v) is 11.8. The van der Waals surface area contributed by atoms with Crippen molar-refractivity contribution in [1.82, 2.24) is 9.55 Å². The summed E-state index contributed by atoms with van der Waals surface area (Å²) in [6.45, 7) is 6.69. The molecule has 0 fully saturated rings. The third-order valence-corrected chi connectivity index (χ3v) is 7.39. The minimum Gasteiger partial charge on any atom is -0.325 e. The van der Waals surface area contributed by atoms with E-state index >= 15 is 0 Å². The molecule has 1 amide bonds. The van der Waals surface area contributed by atoms with Crippen molar-refractivity contribution in [3.05, 3.63) is 50.1 Å². The predicted molar refractivity (Wildman–Crippen MR) is 121 cm³/mol. The largest absolute Gasteiger partial charge is 0.325 e. The van der Waals surface area contributed by atoms with Crippen molar-refractivity contribution >= 4 is 44.9 Å². The van der Waals surface area contributed by atoms with E-state index in [1.54, 1.807) is 15.9 Å². The van der Waals surface area contributed by atoms with E-state index in [1.807, 2.05) is 32.0 Å². The third-order valence-electron chi connectivity index (χ3n) is 5.23. The molecule has 0 bridgehead atoms. The average Bonchev–Trinajstić information content (AvgIpc) is 3.25. The lowest BCUT2D eigenvalue weighted by molar-refractivity contribution is -0.113. The van der Waals surface area contributed by atoms with Gasteiger partial charge in [0.25, 0.3) is 5.56 Å². The van der Waals surface area contributed by atoms with Gasteiger partial charge in [-0.2, -0.15) is 0 Å². The zero-order valence-corrected chi connectivity index (χ0v) is 18.6. The SMILES string of the molecule is CCCn1c(SCC(=O)Nc2ccc(C)cc2C)nc2sc3c(c2c1=O)CCC3. The number of benzene rings is 1. The van der Waals surface area contributed by atoms with Gasteiger partial charge in [-0.3, -0.25) is 14.2 Å². The van der Waals surface area contributed by atoms with Crippen LogP contribution in [0.1, 0.15) is 41.3 Å². The molecule has 0 saturated carbocycles. The van der Waals surface area contributed by atoms with E-state index in [4.69, 9.17) is 4.98 Å². The van der Waals surface area contributed by atoms with Crippen LogP contribution in [0.2, 0.25) is 0 Å². The molecule has 29 heavy (non-hydrogen) atoms. The van der Waals surface area contributed by atoms with Crippen LogP contribution in [-0.4, -0.2) is 21.2 Å². The van der Waals surface area contributed by atoms with Crippen molar-refractivity contribution in [1.29, 1.82) is 0 Å². The number of aryl methyl sites for hydroxylation is 4. The monoisotopic (exact) mass is 427 g/mol. The van der Waals surface area contributed by atoms with Crippen LogP contribution in [0.5, 0.6) is 0 Å². The van der Waals surface area contributed by atoms with Crippen LogP contribution in [0.15, 0.2) is 28.2 Å². The molecule has 2 aromatic heterocycles. The zero-order chi connectivity index (χ0) is 20.5. The van der Waals surface area contributed by atoms with Gasteiger partial charge in [0.05, 0.1) is 11.1 Å². The normalized spacial score (nSPS) is 13.1. The van der Waals surface area contributed by atoms with Gasteiger partial charge in [0.15, 0.2) is 5.16 Å². The number of hydrogen-bond donors (Lipinski definition) is 1. The molecule has 1 aromatic carbocycles. The number of hydrogen-bond acceptors (Lipinski definition) is 5. The van der Waals surface area contributed by atoms with Gasteiger partial charge in [-0.25, -0.2) is 4.98 Å².